The van der Waals surface area contributed by atoms with Crippen molar-refractivity contribution in [3.63, 3.8) is 0 Å². The normalized spacial score (nSPS) is 10.1. The molecule has 0 aromatic carbocycles. The van der Waals surface area contributed by atoms with Gasteiger partial charge in [0.05, 0.1) is 17.3 Å². The van der Waals surface area contributed by atoms with Crippen molar-refractivity contribution in [2.24, 2.45) is 0 Å². The van der Waals surface area contributed by atoms with Gasteiger partial charge in [0.2, 0.25) is 5.88 Å². The number of nitriles is 1. The SMILES string of the molecule is COc1nc2c(B(O)O)csc2cc1C#N. The van der Waals surface area contributed by atoms with Gasteiger partial charge in [-0.1, -0.05) is 0 Å². The smallest absolute Gasteiger partial charge is 0.480 e. The second-order valence-corrected chi connectivity index (χ2v) is 3.98. The minimum atomic E-state index is -1.57. The first-order chi connectivity index (χ1) is 7.67. The molecule has 0 aliphatic rings. The van der Waals surface area contributed by atoms with Gasteiger partial charge in [0.15, 0.2) is 0 Å². The lowest BCUT2D eigenvalue weighted by molar-refractivity contribution is 0.398. The summed E-state index contributed by atoms with van der Waals surface area (Å²) in [7, 11) is -0.157. The van der Waals surface area contributed by atoms with Crippen LogP contribution < -0.4 is 10.2 Å². The molecular formula is C9H7BN2O3S. The number of thiophene rings is 1. The average Bonchev–Trinajstić information content (AvgIpc) is 2.69. The fourth-order valence-electron chi connectivity index (χ4n) is 1.38. The maximum absolute atomic E-state index is 9.12. The molecule has 0 fully saturated rings. The van der Waals surface area contributed by atoms with E-state index >= 15 is 0 Å². The van der Waals surface area contributed by atoms with E-state index in [4.69, 9.17) is 20.0 Å². The monoisotopic (exact) mass is 234 g/mol. The maximum Gasteiger partial charge on any atom is 0.491 e. The lowest BCUT2D eigenvalue weighted by Gasteiger charge is -2.02. The van der Waals surface area contributed by atoms with Gasteiger partial charge in [-0.3, -0.25) is 0 Å². The summed E-state index contributed by atoms with van der Waals surface area (Å²) in [5.74, 6) is 0.190. The molecule has 0 aliphatic carbocycles. The molecule has 7 heteroatoms. The van der Waals surface area contributed by atoms with Gasteiger partial charge < -0.3 is 14.8 Å². The van der Waals surface area contributed by atoms with Crippen LogP contribution in [0.25, 0.3) is 10.2 Å². The van der Waals surface area contributed by atoms with Gasteiger partial charge in [-0.2, -0.15) is 5.26 Å². The van der Waals surface area contributed by atoms with Crippen molar-refractivity contribution < 1.29 is 14.8 Å². The van der Waals surface area contributed by atoms with Crippen molar-refractivity contribution in [1.29, 1.82) is 5.26 Å². The summed E-state index contributed by atoms with van der Waals surface area (Å²) in [6, 6.07) is 3.59. The predicted molar refractivity (Wildman–Crippen MR) is 60.7 cm³/mol. The van der Waals surface area contributed by atoms with Gasteiger partial charge in [0, 0.05) is 5.46 Å². The Balaban J connectivity index is 2.72. The molecule has 0 unspecified atom stereocenters. The second kappa shape index (κ2) is 4.10. The second-order valence-electron chi connectivity index (χ2n) is 3.07. The van der Waals surface area contributed by atoms with E-state index in [1.165, 1.54) is 18.4 Å². The third kappa shape index (κ3) is 1.63. The molecule has 16 heavy (non-hydrogen) atoms. The van der Waals surface area contributed by atoms with Gasteiger partial charge in [0.25, 0.3) is 0 Å². The standard InChI is InChI=1S/C9H7BN2O3S/c1-15-9-5(3-11)2-7-8(12-9)6(4-16-7)10(13)14/h2,4,13-14H,1H3. The molecule has 0 spiro atoms. The maximum atomic E-state index is 9.12. The highest BCUT2D eigenvalue weighted by molar-refractivity contribution is 7.18. The summed E-state index contributed by atoms with van der Waals surface area (Å²) in [5, 5.41) is 28.7. The van der Waals surface area contributed by atoms with Crippen LogP contribution in [0.3, 0.4) is 0 Å². The molecule has 80 valence electrons. The Hall–Kier alpha value is -1.62. The molecule has 0 atom stereocenters. The topological polar surface area (TPSA) is 86.4 Å². The minimum Gasteiger partial charge on any atom is -0.480 e. The van der Waals surface area contributed by atoms with Crippen LogP contribution in [0.5, 0.6) is 5.88 Å². The number of hydrogen-bond donors (Lipinski definition) is 2. The van der Waals surface area contributed by atoms with E-state index < -0.39 is 7.12 Å². The minimum absolute atomic E-state index is 0.190. The molecule has 2 rings (SSSR count). The highest BCUT2D eigenvalue weighted by Crippen LogP contribution is 2.24. The summed E-state index contributed by atoms with van der Waals surface area (Å²) in [6.45, 7) is 0. The lowest BCUT2D eigenvalue weighted by atomic mass is 9.82. The largest absolute Gasteiger partial charge is 0.491 e. The average molecular weight is 234 g/mol. The van der Waals surface area contributed by atoms with E-state index in [1.807, 2.05) is 6.07 Å². The molecule has 2 aromatic heterocycles. The molecule has 0 aliphatic heterocycles. The van der Waals surface area contributed by atoms with Crippen LogP contribution in [0.1, 0.15) is 5.56 Å². The van der Waals surface area contributed by atoms with Crippen LogP contribution in [-0.4, -0.2) is 29.3 Å². The van der Waals surface area contributed by atoms with Crippen LogP contribution in [-0.2, 0) is 0 Å². The van der Waals surface area contributed by atoms with Crippen LogP contribution >= 0.6 is 11.3 Å². The Bertz CT molecular complexity index is 576. The molecule has 0 saturated carbocycles. The van der Waals surface area contributed by atoms with Crippen LogP contribution in [0.15, 0.2) is 11.4 Å². The van der Waals surface area contributed by atoms with E-state index in [9.17, 15) is 0 Å². The molecule has 5 nitrogen and oxygen atoms in total. The number of ether oxygens (including phenoxy) is 1. The van der Waals surface area contributed by atoms with E-state index in [1.54, 1.807) is 11.4 Å². The van der Waals surface area contributed by atoms with Gasteiger partial charge in [-0.25, -0.2) is 4.98 Å². The van der Waals surface area contributed by atoms with Crippen LogP contribution in [0.2, 0.25) is 0 Å². The molecule has 2 N–H and O–H groups in total. The highest BCUT2D eigenvalue weighted by Gasteiger charge is 2.19. The fourth-order valence-corrected chi connectivity index (χ4v) is 2.32. The Morgan fingerprint density at radius 1 is 1.56 bits per heavy atom. The predicted octanol–water partition coefficient (Wildman–Crippen LogP) is -0.144. The molecule has 2 heterocycles. The molecule has 0 radical (unpaired) electrons. The zero-order chi connectivity index (χ0) is 11.7. The highest BCUT2D eigenvalue weighted by atomic mass is 32.1. The van der Waals surface area contributed by atoms with Gasteiger partial charge in [0.1, 0.15) is 11.6 Å². The number of nitrogens with zero attached hydrogens (tertiary/aromatic N) is 2. The first-order valence-electron chi connectivity index (χ1n) is 4.39. The van der Waals surface area contributed by atoms with Gasteiger partial charge >= 0.3 is 7.12 Å². The van der Waals surface area contributed by atoms with E-state index in [2.05, 4.69) is 4.98 Å². The van der Waals surface area contributed by atoms with Crippen molar-refractivity contribution in [3.05, 3.63) is 17.0 Å². The van der Waals surface area contributed by atoms with Crippen LogP contribution in [0, 0.1) is 11.3 Å². The number of rotatable bonds is 2. The summed E-state index contributed by atoms with van der Waals surface area (Å²) < 4.78 is 5.68. The number of aromatic nitrogens is 1. The van der Waals surface area contributed by atoms with Crippen molar-refractivity contribution in [2.75, 3.05) is 7.11 Å². The number of methoxy groups -OCH3 is 1. The summed E-state index contributed by atoms with van der Waals surface area (Å²) in [5.41, 5.74) is 1.11. The first kappa shape index (κ1) is 10.9. The van der Waals surface area contributed by atoms with E-state index in [0.717, 1.165) is 4.70 Å². The lowest BCUT2D eigenvalue weighted by Crippen LogP contribution is -2.29. The molecule has 0 amide bonds. The van der Waals surface area contributed by atoms with Gasteiger partial charge in [-0.15, -0.1) is 11.3 Å². The molecular weight excluding hydrogens is 227 g/mol. The van der Waals surface area contributed by atoms with Crippen molar-refractivity contribution >= 4 is 34.1 Å². The van der Waals surface area contributed by atoms with Crippen LogP contribution in [0.4, 0.5) is 0 Å². The Morgan fingerprint density at radius 2 is 2.31 bits per heavy atom. The van der Waals surface area contributed by atoms with Crippen molar-refractivity contribution in [3.8, 4) is 11.9 Å². The third-order valence-corrected chi connectivity index (χ3v) is 3.07. The molecule has 2 aromatic rings. The summed E-state index contributed by atoms with van der Waals surface area (Å²) in [6.07, 6.45) is 0. The van der Waals surface area contributed by atoms with Crippen molar-refractivity contribution in [1.82, 2.24) is 4.98 Å². The Morgan fingerprint density at radius 3 is 2.88 bits per heavy atom. The number of pyridine rings is 1. The number of fused-ring (bicyclic) bond motifs is 1. The third-order valence-electron chi connectivity index (χ3n) is 2.13. The van der Waals surface area contributed by atoms with E-state index in [0.29, 0.717) is 16.5 Å². The zero-order valence-corrected chi connectivity index (χ0v) is 9.15. The van der Waals surface area contributed by atoms with Crippen molar-refractivity contribution in [2.45, 2.75) is 0 Å². The van der Waals surface area contributed by atoms with E-state index in [-0.39, 0.29) is 5.88 Å². The quantitative estimate of drug-likeness (QED) is 0.706. The molecule has 0 bridgehead atoms. The summed E-state index contributed by atoms with van der Waals surface area (Å²) >= 11 is 1.30. The summed E-state index contributed by atoms with van der Waals surface area (Å²) in [4.78, 5) is 4.09. The Labute approximate surface area is 95.7 Å². The van der Waals surface area contributed by atoms with Gasteiger partial charge in [-0.05, 0) is 11.4 Å². The zero-order valence-electron chi connectivity index (χ0n) is 8.34. The molecule has 0 saturated heterocycles. The number of hydrogen-bond acceptors (Lipinski definition) is 6. The fraction of sp³-hybridized carbons (Fsp3) is 0.111. The Kier molecular flexibility index (Phi) is 2.79. The first-order valence-corrected chi connectivity index (χ1v) is 5.27.